The van der Waals surface area contributed by atoms with E-state index in [4.69, 9.17) is 16.3 Å². The van der Waals surface area contributed by atoms with E-state index in [2.05, 4.69) is 20.6 Å². The van der Waals surface area contributed by atoms with Gasteiger partial charge in [0.1, 0.15) is 11.5 Å². The van der Waals surface area contributed by atoms with Crippen molar-refractivity contribution in [3.8, 4) is 0 Å². The van der Waals surface area contributed by atoms with Crippen molar-refractivity contribution in [2.45, 2.75) is 18.9 Å². The highest BCUT2D eigenvalue weighted by Gasteiger charge is 2.17. The number of nitrogens with zero attached hydrogens (tertiary/aromatic N) is 2. The molecule has 7 heteroatoms. The molecule has 1 saturated heterocycles. The fourth-order valence-electron chi connectivity index (χ4n) is 2.29. The monoisotopic (exact) mass is 332 g/mol. The van der Waals surface area contributed by atoms with Gasteiger partial charge in [0.05, 0.1) is 18.5 Å². The molecule has 1 fully saturated rings. The number of benzene rings is 1. The van der Waals surface area contributed by atoms with Gasteiger partial charge < -0.3 is 15.4 Å². The third kappa shape index (κ3) is 4.40. The third-order valence-electron chi connectivity index (χ3n) is 3.52. The number of ether oxygens (including phenoxy) is 1. The maximum Gasteiger partial charge on any atom is 0.271 e. The SMILES string of the molecule is O=C(NCC1CCCO1)c1cnc(Nc2ccc(Cl)cc2)cn1. The van der Waals surface area contributed by atoms with Gasteiger partial charge >= 0.3 is 0 Å². The Morgan fingerprint density at radius 2 is 2.09 bits per heavy atom. The van der Waals surface area contributed by atoms with Crippen LogP contribution in [-0.4, -0.2) is 35.1 Å². The van der Waals surface area contributed by atoms with Crippen molar-refractivity contribution >= 4 is 29.0 Å². The summed E-state index contributed by atoms with van der Waals surface area (Å²) in [5, 5.41) is 6.57. The van der Waals surface area contributed by atoms with Crippen LogP contribution >= 0.6 is 11.6 Å². The van der Waals surface area contributed by atoms with Gasteiger partial charge in [0, 0.05) is 23.9 Å². The highest BCUT2D eigenvalue weighted by atomic mass is 35.5. The minimum absolute atomic E-state index is 0.109. The van der Waals surface area contributed by atoms with E-state index in [9.17, 15) is 4.79 Å². The van der Waals surface area contributed by atoms with Crippen LogP contribution in [0.1, 0.15) is 23.3 Å². The van der Waals surface area contributed by atoms with Crippen LogP contribution in [0, 0.1) is 0 Å². The average molecular weight is 333 g/mol. The number of anilines is 2. The summed E-state index contributed by atoms with van der Waals surface area (Å²) in [4.78, 5) is 20.3. The number of hydrogen-bond acceptors (Lipinski definition) is 5. The summed E-state index contributed by atoms with van der Waals surface area (Å²) in [6.45, 7) is 1.27. The minimum atomic E-state index is -0.244. The number of aromatic nitrogens is 2. The van der Waals surface area contributed by atoms with Gasteiger partial charge in [-0.1, -0.05) is 11.6 Å². The highest BCUT2D eigenvalue weighted by Crippen LogP contribution is 2.17. The quantitative estimate of drug-likeness (QED) is 0.880. The smallest absolute Gasteiger partial charge is 0.271 e. The zero-order valence-corrected chi connectivity index (χ0v) is 13.2. The number of halogens is 1. The second-order valence-corrected chi connectivity index (χ2v) is 5.70. The molecule has 1 amide bonds. The fraction of sp³-hybridized carbons (Fsp3) is 0.312. The van der Waals surface area contributed by atoms with Crippen LogP contribution in [0.25, 0.3) is 0 Å². The van der Waals surface area contributed by atoms with Crippen molar-refractivity contribution in [3.63, 3.8) is 0 Å². The van der Waals surface area contributed by atoms with E-state index < -0.39 is 0 Å². The van der Waals surface area contributed by atoms with Crippen molar-refractivity contribution in [1.29, 1.82) is 0 Å². The van der Waals surface area contributed by atoms with Gasteiger partial charge in [-0.25, -0.2) is 9.97 Å². The van der Waals surface area contributed by atoms with Crippen LogP contribution in [-0.2, 0) is 4.74 Å². The van der Waals surface area contributed by atoms with Gasteiger partial charge in [-0.3, -0.25) is 4.79 Å². The number of rotatable bonds is 5. The van der Waals surface area contributed by atoms with Crippen molar-refractivity contribution in [2.75, 3.05) is 18.5 Å². The first-order chi connectivity index (χ1) is 11.2. The predicted octanol–water partition coefficient (Wildman–Crippen LogP) is 2.78. The largest absolute Gasteiger partial charge is 0.376 e. The molecular weight excluding hydrogens is 316 g/mol. The van der Waals surface area contributed by atoms with Crippen molar-refractivity contribution in [2.24, 2.45) is 0 Å². The molecule has 2 heterocycles. The fourth-order valence-corrected chi connectivity index (χ4v) is 2.42. The topological polar surface area (TPSA) is 76.1 Å². The van der Waals surface area contributed by atoms with Gasteiger partial charge in [0.25, 0.3) is 5.91 Å². The van der Waals surface area contributed by atoms with Crippen molar-refractivity contribution in [3.05, 3.63) is 47.4 Å². The molecule has 23 heavy (non-hydrogen) atoms. The van der Waals surface area contributed by atoms with Crippen LogP contribution in [0.2, 0.25) is 5.02 Å². The summed E-state index contributed by atoms with van der Waals surface area (Å²) in [6, 6.07) is 7.24. The molecule has 2 aromatic rings. The molecule has 1 aliphatic rings. The molecule has 0 aliphatic carbocycles. The Kier molecular flexibility index (Phi) is 5.05. The molecule has 2 N–H and O–H groups in total. The normalized spacial score (nSPS) is 17.0. The molecule has 1 aromatic carbocycles. The highest BCUT2D eigenvalue weighted by molar-refractivity contribution is 6.30. The lowest BCUT2D eigenvalue weighted by molar-refractivity contribution is 0.0853. The second kappa shape index (κ2) is 7.39. The lowest BCUT2D eigenvalue weighted by atomic mass is 10.2. The standard InChI is InChI=1S/C16H17ClN4O2/c17-11-3-5-12(6-4-11)21-15-10-18-14(9-19-15)16(22)20-8-13-2-1-7-23-13/h3-6,9-10,13H,1-2,7-8H2,(H,19,21)(H,20,22). The summed E-state index contributed by atoms with van der Waals surface area (Å²) in [6.07, 6.45) is 5.11. The number of hydrogen-bond donors (Lipinski definition) is 2. The molecule has 0 saturated carbocycles. The zero-order chi connectivity index (χ0) is 16.1. The van der Waals surface area contributed by atoms with E-state index >= 15 is 0 Å². The first-order valence-electron chi connectivity index (χ1n) is 7.45. The summed E-state index contributed by atoms with van der Waals surface area (Å²) in [7, 11) is 0. The molecule has 1 aliphatic heterocycles. The van der Waals surface area contributed by atoms with E-state index in [1.165, 1.54) is 12.4 Å². The Morgan fingerprint density at radius 3 is 2.74 bits per heavy atom. The summed E-state index contributed by atoms with van der Waals surface area (Å²) in [5.74, 6) is 0.314. The molecular formula is C16H17ClN4O2. The molecule has 1 unspecified atom stereocenters. The minimum Gasteiger partial charge on any atom is -0.376 e. The van der Waals surface area contributed by atoms with Gasteiger partial charge in [-0.2, -0.15) is 0 Å². The van der Waals surface area contributed by atoms with E-state index in [1.54, 1.807) is 12.1 Å². The first-order valence-corrected chi connectivity index (χ1v) is 7.83. The Bertz CT molecular complexity index is 655. The summed E-state index contributed by atoms with van der Waals surface area (Å²) in [5.41, 5.74) is 1.13. The Morgan fingerprint density at radius 1 is 1.26 bits per heavy atom. The van der Waals surface area contributed by atoms with E-state index in [0.29, 0.717) is 17.4 Å². The van der Waals surface area contributed by atoms with Gasteiger partial charge in [0.15, 0.2) is 0 Å². The maximum atomic E-state index is 12.0. The lowest BCUT2D eigenvalue weighted by Gasteiger charge is -2.10. The number of carbonyl (C=O) groups excluding carboxylic acids is 1. The van der Waals surface area contributed by atoms with E-state index in [1.807, 2.05) is 12.1 Å². The Labute approximate surface area is 139 Å². The van der Waals surface area contributed by atoms with Crippen LogP contribution < -0.4 is 10.6 Å². The van der Waals surface area contributed by atoms with Gasteiger partial charge in [0.2, 0.25) is 0 Å². The second-order valence-electron chi connectivity index (χ2n) is 5.26. The Balaban J connectivity index is 1.55. The zero-order valence-electron chi connectivity index (χ0n) is 12.5. The maximum absolute atomic E-state index is 12.0. The van der Waals surface area contributed by atoms with Crippen molar-refractivity contribution < 1.29 is 9.53 Å². The third-order valence-corrected chi connectivity index (χ3v) is 3.77. The van der Waals surface area contributed by atoms with Crippen LogP contribution in [0.4, 0.5) is 11.5 Å². The lowest BCUT2D eigenvalue weighted by Crippen LogP contribution is -2.32. The average Bonchev–Trinajstić information content (AvgIpc) is 3.09. The molecule has 1 atom stereocenters. The molecule has 120 valence electrons. The van der Waals surface area contributed by atoms with Crippen LogP contribution in [0.3, 0.4) is 0 Å². The Hall–Kier alpha value is -2.18. The first kappa shape index (κ1) is 15.7. The van der Waals surface area contributed by atoms with E-state index in [0.717, 1.165) is 25.1 Å². The molecule has 0 bridgehead atoms. The van der Waals surface area contributed by atoms with Gasteiger partial charge in [-0.15, -0.1) is 0 Å². The van der Waals surface area contributed by atoms with Gasteiger partial charge in [-0.05, 0) is 37.1 Å². The van der Waals surface area contributed by atoms with Crippen LogP contribution in [0.5, 0.6) is 0 Å². The van der Waals surface area contributed by atoms with Crippen molar-refractivity contribution in [1.82, 2.24) is 15.3 Å². The molecule has 0 spiro atoms. The molecule has 1 aromatic heterocycles. The number of carbonyl (C=O) groups is 1. The summed E-state index contributed by atoms with van der Waals surface area (Å²) < 4.78 is 5.46. The molecule has 0 radical (unpaired) electrons. The molecule has 3 rings (SSSR count). The number of nitrogens with one attached hydrogen (secondary N) is 2. The molecule has 6 nitrogen and oxygen atoms in total. The number of amides is 1. The van der Waals surface area contributed by atoms with Crippen LogP contribution in [0.15, 0.2) is 36.7 Å². The predicted molar refractivity (Wildman–Crippen MR) is 88.1 cm³/mol. The van der Waals surface area contributed by atoms with E-state index in [-0.39, 0.29) is 17.7 Å². The summed E-state index contributed by atoms with van der Waals surface area (Å²) >= 11 is 5.84.